The molecule has 1 aromatic heterocycles. The second kappa shape index (κ2) is 7.77. The fourth-order valence-electron chi connectivity index (χ4n) is 2.45. The number of thiophene rings is 1. The molecule has 0 N–H and O–H groups in total. The second-order valence-electron chi connectivity index (χ2n) is 5.35. The number of esters is 1. The van der Waals surface area contributed by atoms with Crippen molar-refractivity contribution in [3.63, 3.8) is 0 Å². The summed E-state index contributed by atoms with van der Waals surface area (Å²) in [4.78, 5) is 26.7. The first kappa shape index (κ1) is 16.9. The van der Waals surface area contributed by atoms with Crippen molar-refractivity contribution in [2.24, 2.45) is 0 Å². The van der Waals surface area contributed by atoms with Gasteiger partial charge in [-0.15, -0.1) is 17.9 Å². The number of anilines is 1. The predicted molar refractivity (Wildman–Crippen MR) is 101 cm³/mol. The van der Waals surface area contributed by atoms with Gasteiger partial charge in [0, 0.05) is 16.9 Å². The van der Waals surface area contributed by atoms with Crippen molar-refractivity contribution in [3.8, 4) is 0 Å². The summed E-state index contributed by atoms with van der Waals surface area (Å²) in [5.74, 6) is -0.776. The molecular formula is C20H17NO3S. The highest BCUT2D eigenvalue weighted by Gasteiger charge is 2.18. The Labute approximate surface area is 150 Å². The zero-order valence-corrected chi connectivity index (χ0v) is 14.4. The van der Waals surface area contributed by atoms with Crippen LogP contribution < -0.4 is 4.90 Å². The lowest BCUT2D eigenvalue weighted by atomic mass is 10.2. The lowest BCUT2D eigenvalue weighted by Crippen LogP contribution is -2.34. The SMILES string of the molecule is C=CCN(C(=O)COC(=O)c1cc2ccccc2s1)c1ccccc1. The topological polar surface area (TPSA) is 46.6 Å². The van der Waals surface area contributed by atoms with Crippen molar-refractivity contribution in [1.82, 2.24) is 0 Å². The van der Waals surface area contributed by atoms with E-state index in [9.17, 15) is 9.59 Å². The monoisotopic (exact) mass is 351 g/mol. The third-order valence-electron chi connectivity index (χ3n) is 3.63. The highest BCUT2D eigenvalue weighted by atomic mass is 32.1. The number of rotatable bonds is 6. The van der Waals surface area contributed by atoms with E-state index in [-0.39, 0.29) is 12.5 Å². The van der Waals surface area contributed by atoms with Crippen molar-refractivity contribution in [1.29, 1.82) is 0 Å². The van der Waals surface area contributed by atoms with Crippen LogP contribution in [-0.4, -0.2) is 25.0 Å². The highest BCUT2D eigenvalue weighted by molar-refractivity contribution is 7.20. The fourth-order valence-corrected chi connectivity index (χ4v) is 3.40. The molecule has 3 rings (SSSR count). The predicted octanol–water partition coefficient (Wildman–Crippen LogP) is 4.28. The Morgan fingerprint density at radius 2 is 1.80 bits per heavy atom. The molecule has 0 aliphatic heterocycles. The zero-order valence-electron chi connectivity index (χ0n) is 13.6. The molecule has 0 radical (unpaired) electrons. The minimum atomic E-state index is -0.485. The number of benzene rings is 2. The van der Waals surface area contributed by atoms with E-state index in [2.05, 4.69) is 6.58 Å². The van der Waals surface area contributed by atoms with E-state index in [1.807, 2.05) is 54.6 Å². The van der Waals surface area contributed by atoms with Crippen LogP contribution in [0.15, 0.2) is 73.3 Å². The number of fused-ring (bicyclic) bond motifs is 1. The van der Waals surface area contributed by atoms with Crippen LogP contribution in [0.25, 0.3) is 10.1 Å². The molecule has 1 amide bonds. The number of nitrogens with zero attached hydrogens (tertiary/aromatic N) is 1. The Balaban J connectivity index is 1.67. The van der Waals surface area contributed by atoms with Crippen LogP contribution in [0.3, 0.4) is 0 Å². The van der Waals surface area contributed by atoms with Gasteiger partial charge in [-0.2, -0.15) is 0 Å². The van der Waals surface area contributed by atoms with Crippen molar-refractivity contribution >= 4 is 39.0 Å². The summed E-state index contributed by atoms with van der Waals surface area (Å²) in [5, 5.41) is 0.989. The number of hydrogen-bond donors (Lipinski definition) is 0. The Kier molecular flexibility index (Phi) is 5.26. The van der Waals surface area contributed by atoms with E-state index in [0.29, 0.717) is 11.4 Å². The van der Waals surface area contributed by atoms with Crippen LogP contribution in [0.5, 0.6) is 0 Å². The molecule has 25 heavy (non-hydrogen) atoms. The minimum Gasteiger partial charge on any atom is -0.451 e. The number of ether oxygens (including phenoxy) is 1. The number of para-hydroxylation sites is 1. The summed E-state index contributed by atoms with van der Waals surface area (Å²) in [6, 6.07) is 18.7. The van der Waals surface area contributed by atoms with Crippen LogP contribution in [0.4, 0.5) is 5.69 Å². The molecule has 0 fully saturated rings. The zero-order chi connectivity index (χ0) is 17.6. The number of amides is 1. The smallest absolute Gasteiger partial charge is 0.348 e. The van der Waals surface area contributed by atoms with Crippen molar-refractivity contribution in [3.05, 3.63) is 78.2 Å². The number of hydrogen-bond acceptors (Lipinski definition) is 4. The molecule has 0 atom stereocenters. The van der Waals surface area contributed by atoms with Gasteiger partial charge in [0.1, 0.15) is 4.88 Å². The average Bonchev–Trinajstić information content (AvgIpc) is 3.09. The van der Waals surface area contributed by atoms with Crippen molar-refractivity contribution in [2.45, 2.75) is 0 Å². The van der Waals surface area contributed by atoms with Gasteiger partial charge in [0.25, 0.3) is 5.91 Å². The van der Waals surface area contributed by atoms with Crippen LogP contribution in [0.1, 0.15) is 9.67 Å². The average molecular weight is 351 g/mol. The van der Waals surface area contributed by atoms with Crippen molar-refractivity contribution in [2.75, 3.05) is 18.1 Å². The van der Waals surface area contributed by atoms with Gasteiger partial charge in [0.15, 0.2) is 6.61 Å². The quantitative estimate of drug-likeness (QED) is 0.492. The van der Waals surface area contributed by atoms with E-state index >= 15 is 0 Å². The van der Waals surface area contributed by atoms with Gasteiger partial charge in [0.05, 0.1) is 0 Å². The van der Waals surface area contributed by atoms with Crippen LogP contribution in [0.2, 0.25) is 0 Å². The molecule has 126 valence electrons. The van der Waals surface area contributed by atoms with Crippen LogP contribution in [-0.2, 0) is 9.53 Å². The van der Waals surface area contributed by atoms with Gasteiger partial charge < -0.3 is 9.64 Å². The molecule has 0 aliphatic carbocycles. The van der Waals surface area contributed by atoms with Gasteiger partial charge >= 0.3 is 5.97 Å². The third-order valence-corrected chi connectivity index (χ3v) is 4.73. The molecule has 0 spiro atoms. The largest absolute Gasteiger partial charge is 0.451 e. The van der Waals surface area contributed by atoms with Gasteiger partial charge in [-0.3, -0.25) is 4.79 Å². The van der Waals surface area contributed by atoms with Crippen LogP contribution in [0, 0.1) is 0 Å². The molecule has 0 unspecified atom stereocenters. The molecule has 3 aromatic rings. The Hall–Kier alpha value is -2.92. The Bertz CT molecular complexity index is 868. The Morgan fingerprint density at radius 1 is 1.08 bits per heavy atom. The van der Waals surface area contributed by atoms with E-state index in [1.54, 1.807) is 12.1 Å². The first-order valence-corrected chi connectivity index (χ1v) is 8.62. The van der Waals surface area contributed by atoms with Crippen LogP contribution >= 0.6 is 11.3 Å². The van der Waals surface area contributed by atoms with E-state index < -0.39 is 5.97 Å². The molecule has 5 heteroatoms. The first-order chi connectivity index (χ1) is 12.2. The molecule has 2 aromatic carbocycles. The lowest BCUT2D eigenvalue weighted by molar-refractivity contribution is -0.121. The van der Waals surface area contributed by atoms with Gasteiger partial charge in [-0.25, -0.2) is 4.79 Å². The first-order valence-electron chi connectivity index (χ1n) is 7.81. The summed E-state index contributed by atoms with van der Waals surface area (Å²) in [6.07, 6.45) is 1.64. The van der Waals surface area contributed by atoms with E-state index in [1.165, 1.54) is 16.2 Å². The maximum absolute atomic E-state index is 12.4. The van der Waals surface area contributed by atoms with Gasteiger partial charge in [0.2, 0.25) is 0 Å². The second-order valence-corrected chi connectivity index (χ2v) is 6.44. The summed E-state index contributed by atoms with van der Waals surface area (Å²) in [6.45, 7) is 3.72. The summed E-state index contributed by atoms with van der Waals surface area (Å²) < 4.78 is 6.23. The van der Waals surface area contributed by atoms with Gasteiger partial charge in [-0.1, -0.05) is 42.5 Å². The molecule has 0 aliphatic rings. The normalized spacial score (nSPS) is 10.4. The molecule has 0 bridgehead atoms. The molecule has 0 saturated carbocycles. The van der Waals surface area contributed by atoms with E-state index in [4.69, 9.17) is 4.74 Å². The Morgan fingerprint density at radius 3 is 2.52 bits per heavy atom. The summed E-state index contributed by atoms with van der Waals surface area (Å²) >= 11 is 1.36. The number of carbonyl (C=O) groups excluding carboxylic acids is 2. The van der Waals surface area contributed by atoms with E-state index in [0.717, 1.165) is 15.8 Å². The molecular weight excluding hydrogens is 334 g/mol. The number of carbonyl (C=O) groups is 2. The van der Waals surface area contributed by atoms with Gasteiger partial charge in [-0.05, 0) is 29.7 Å². The maximum atomic E-state index is 12.4. The standard InChI is InChI=1S/C20H17NO3S/c1-2-12-21(16-9-4-3-5-10-16)19(22)14-24-20(23)18-13-15-8-6-7-11-17(15)25-18/h2-11,13H,1,12,14H2. The maximum Gasteiger partial charge on any atom is 0.348 e. The molecule has 1 heterocycles. The third kappa shape index (κ3) is 3.95. The molecule has 0 saturated heterocycles. The lowest BCUT2D eigenvalue weighted by Gasteiger charge is -2.20. The fraction of sp³-hybridized carbons (Fsp3) is 0.100. The summed E-state index contributed by atoms with van der Waals surface area (Å²) in [5.41, 5.74) is 0.741. The highest BCUT2D eigenvalue weighted by Crippen LogP contribution is 2.25. The summed E-state index contributed by atoms with van der Waals surface area (Å²) in [7, 11) is 0. The molecule has 4 nitrogen and oxygen atoms in total. The van der Waals surface area contributed by atoms with Crippen molar-refractivity contribution < 1.29 is 14.3 Å². The minimum absolute atomic E-state index is 0.291.